The van der Waals surface area contributed by atoms with Crippen LogP contribution in [0.1, 0.15) is 27.8 Å². The Hall–Kier alpha value is -3.77. The molecule has 5 rings (SSSR count). The molecule has 0 radical (unpaired) electrons. The van der Waals surface area contributed by atoms with Crippen molar-refractivity contribution in [2.75, 3.05) is 0 Å². The molecule has 3 heterocycles. The Labute approximate surface area is 160 Å². The first-order valence-corrected chi connectivity index (χ1v) is 8.79. The minimum atomic E-state index is -1.14. The summed E-state index contributed by atoms with van der Waals surface area (Å²) in [6.07, 6.45) is 2.02. The van der Waals surface area contributed by atoms with E-state index in [0.717, 1.165) is 0 Å². The number of pyridine rings is 1. The maximum absolute atomic E-state index is 13.0. The first-order chi connectivity index (χ1) is 13.7. The van der Waals surface area contributed by atoms with Crippen LogP contribution in [-0.2, 0) is 0 Å². The Balaban J connectivity index is 1.79. The number of para-hydroxylation sites is 2. The van der Waals surface area contributed by atoms with Crippen LogP contribution in [0.3, 0.4) is 0 Å². The van der Waals surface area contributed by atoms with Gasteiger partial charge in [-0.05, 0) is 30.3 Å². The van der Waals surface area contributed by atoms with Gasteiger partial charge in [0.05, 0.1) is 11.2 Å². The lowest BCUT2D eigenvalue weighted by molar-refractivity contribution is 0.106. The highest BCUT2D eigenvalue weighted by molar-refractivity contribution is 6.55. The number of aliphatic hydroxyl groups is 1. The lowest BCUT2D eigenvalue weighted by atomic mass is 10.1. The second-order valence-electron chi connectivity index (χ2n) is 6.55. The van der Waals surface area contributed by atoms with Gasteiger partial charge in [-0.25, -0.2) is 4.99 Å². The highest BCUT2D eigenvalue weighted by Crippen LogP contribution is 2.39. The van der Waals surface area contributed by atoms with Crippen LogP contribution >= 0.6 is 0 Å². The molecule has 2 aromatic carbocycles. The molecule has 1 aliphatic rings. The van der Waals surface area contributed by atoms with Gasteiger partial charge in [-0.3, -0.25) is 9.78 Å². The van der Waals surface area contributed by atoms with Gasteiger partial charge in [0.1, 0.15) is 11.4 Å². The van der Waals surface area contributed by atoms with Crippen molar-refractivity contribution in [1.82, 2.24) is 9.55 Å². The fraction of sp³-hybridized carbons (Fsp3) is 0.0455. The standard InChI is InChI=1S/C22H15N3O3/c26-20-14-7-1-3-9-16(14)24-18(20)19-21(27)15-8-2-4-10-17(15)25(19)22(28)13-6-5-11-23-12-13/h1-12,22,27-28H. The zero-order valence-electron chi connectivity index (χ0n) is 14.6. The van der Waals surface area contributed by atoms with Crippen LogP contribution in [0.4, 0.5) is 5.69 Å². The van der Waals surface area contributed by atoms with E-state index in [0.29, 0.717) is 27.7 Å². The van der Waals surface area contributed by atoms with Crippen LogP contribution < -0.4 is 0 Å². The summed E-state index contributed by atoms with van der Waals surface area (Å²) < 4.78 is 1.53. The third kappa shape index (κ3) is 2.28. The van der Waals surface area contributed by atoms with Gasteiger partial charge in [0.2, 0.25) is 5.78 Å². The largest absolute Gasteiger partial charge is 0.505 e. The number of aliphatic imine (C=N–C) groups is 1. The molecule has 4 aromatic rings. The van der Waals surface area contributed by atoms with Crippen LogP contribution in [-0.4, -0.2) is 31.3 Å². The molecule has 1 aliphatic heterocycles. The fourth-order valence-corrected chi connectivity index (χ4v) is 3.63. The minimum Gasteiger partial charge on any atom is -0.505 e. The summed E-state index contributed by atoms with van der Waals surface area (Å²) in [6.45, 7) is 0. The average Bonchev–Trinajstić information content (AvgIpc) is 3.23. The number of nitrogens with zero attached hydrogens (tertiary/aromatic N) is 3. The predicted molar refractivity (Wildman–Crippen MR) is 105 cm³/mol. The number of carbonyl (C=O) groups is 1. The number of benzene rings is 2. The number of aromatic nitrogens is 2. The molecule has 136 valence electrons. The number of hydrogen-bond donors (Lipinski definition) is 2. The average molecular weight is 369 g/mol. The number of aromatic hydroxyl groups is 1. The molecule has 0 spiro atoms. The maximum atomic E-state index is 13.0. The van der Waals surface area contributed by atoms with Crippen LogP contribution in [0, 0.1) is 0 Å². The van der Waals surface area contributed by atoms with E-state index in [1.54, 1.807) is 67.0 Å². The topological polar surface area (TPSA) is 87.7 Å². The summed E-state index contributed by atoms with van der Waals surface area (Å²) in [5, 5.41) is 22.6. The summed E-state index contributed by atoms with van der Waals surface area (Å²) in [6, 6.07) is 17.6. The van der Waals surface area contributed by atoms with Crippen LogP contribution in [0.5, 0.6) is 5.75 Å². The van der Waals surface area contributed by atoms with Gasteiger partial charge in [-0.2, -0.15) is 0 Å². The molecule has 0 aliphatic carbocycles. The molecular weight excluding hydrogens is 354 g/mol. The Morgan fingerprint density at radius 3 is 2.54 bits per heavy atom. The zero-order chi connectivity index (χ0) is 19.3. The molecule has 6 heteroatoms. The molecule has 0 amide bonds. The molecule has 2 aromatic heterocycles. The van der Waals surface area contributed by atoms with E-state index in [1.165, 1.54) is 4.57 Å². The van der Waals surface area contributed by atoms with Crippen molar-refractivity contribution in [1.29, 1.82) is 0 Å². The molecule has 6 nitrogen and oxygen atoms in total. The van der Waals surface area contributed by atoms with E-state index in [9.17, 15) is 15.0 Å². The van der Waals surface area contributed by atoms with Crippen molar-refractivity contribution in [3.05, 3.63) is 89.9 Å². The van der Waals surface area contributed by atoms with Crippen molar-refractivity contribution < 1.29 is 15.0 Å². The summed E-state index contributed by atoms with van der Waals surface area (Å²) >= 11 is 0. The molecular formula is C22H15N3O3. The monoisotopic (exact) mass is 369 g/mol. The zero-order valence-corrected chi connectivity index (χ0v) is 14.6. The molecule has 0 saturated carbocycles. The summed E-state index contributed by atoms with van der Waals surface area (Å²) in [4.78, 5) is 21.5. The van der Waals surface area contributed by atoms with Crippen LogP contribution in [0.15, 0.2) is 78.0 Å². The van der Waals surface area contributed by atoms with Crippen LogP contribution in [0.25, 0.3) is 10.9 Å². The van der Waals surface area contributed by atoms with Crippen molar-refractivity contribution in [3.8, 4) is 5.75 Å². The number of rotatable bonds is 3. The van der Waals surface area contributed by atoms with E-state index in [2.05, 4.69) is 9.98 Å². The Morgan fingerprint density at radius 2 is 1.75 bits per heavy atom. The van der Waals surface area contributed by atoms with Gasteiger partial charge in [0.15, 0.2) is 12.0 Å². The molecule has 1 atom stereocenters. The summed E-state index contributed by atoms with van der Waals surface area (Å²) in [5.41, 5.74) is 2.46. The molecule has 0 bridgehead atoms. The normalized spacial score (nSPS) is 14.2. The van der Waals surface area contributed by atoms with Crippen molar-refractivity contribution in [2.24, 2.45) is 4.99 Å². The predicted octanol–water partition coefficient (Wildman–Crippen LogP) is 3.60. The Bertz CT molecular complexity index is 1260. The van der Waals surface area contributed by atoms with Gasteiger partial charge in [0, 0.05) is 28.9 Å². The first kappa shape index (κ1) is 16.4. The third-order valence-corrected chi connectivity index (χ3v) is 4.93. The van der Waals surface area contributed by atoms with E-state index in [-0.39, 0.29) is 22.9 Å². The number of ketones is 1. The summed E-state index contributed by atoms with van der Waals surface area (Å²) in [5.74, 6) is -0.369. The number of fused-ring (bicyclic) bond motifs is 2. The fourth-order valence-electron chi connectivity index (χ4n) is 3.63. The van der Waals surface area contributed by atoms with E-state index >= 15 is 0 Å². The SMILES string of the molecule is O=C1C(c2c(O)c3ccccc3n2C(O)c2cccnc2)=Nc2ccccc21. The van der Waals surface area contributed by atoms with Crippen LogP contribution in [0.2, 0.25) is 0 Å². The molecule has 28 heavy (non-hydrogen) atoms. The van der Waals surface area contributed by atoms with E-state index < -0.39 is 6.23 Å². The molecule has 0 saturated heterocycles. The van der Waals surface area contributed by atoms with Gasteiger partial charge in [0.25, 0.3) is 0 Å². The molecule has 1 unspecified atom stereocenters. The summed E-state index contributed by atoms with van der Waals surface area (Å²) in [7, 11) is 0. The van der Waals surface area contributed by atoms with Gasteiger partial charge in [-0.15, -0.1) is 0 Å². The Kier molecular flexibility index (Phi) is 3.60. The van der Waals surface area contributed by atoms with Gasteiger partial charge in [-0.1, -0.05) is 30.3 Å². The first-order valence-electron chi connectivity index (χ1n) is 8.79. The lowest BCUT2D eigenvalue weighted by Crippen LogP contribution is -2.20. The van der Waals surface area contributed by atoms with Crippen molar-refractivity contribution in [3.63, 3.8) is 0 Å². The van der Waals surface area contributed by atoms with Crippen molar-refractivity contribution >= 4 is 28.1 Å². The maximum Gasteiger partial charge on any atom is 0.215 e. The Morgan fingerprint density at radius 1 is 0.964 bits per heavy atom. The number of hydrogen-bond acceptors (Lipinski definition) is 5. The third-order valence-electron chi connectivity index (χ3n) is 4.93. The van der Waals surface area contributed by atoms with Crippen molar-refractivity contribution in [2.45, 2.75) is 6.23 Å². The highest BCUT2D eigenvalue weighted by atomic mass is 16.3. The smallest absolute Gasteiger partial charge is 0.215 e. The number of Topliss-reactive ketones (excluding diaryl/α,β-unsaturated/α-hetero) is 1. The number of aliphatic hydroxyl groups excluding tert-OH is 1. The van der Waals surface area contributed by atoms with Gasteiger partial charge < -0.3 is 14.8 Å². The van der Waals surface area contributed by atoms with E-state index in [4.69, 9.17) is 0 Å². The molecule has 0 fully saturated rings. The second-order valence-corrected chi connectivity index (χ2v) is 6.55. The lowest BCUT2D eigenvalue weighted by Gasteiger charge is -2.17. The number of carbonyl (C=O) groups excluding carboxylic acids is 1. The van der Waals surface area contributed by atoms with E-state index in [1.807, 2.05) is 6.07 Å². The minimum absolute atomic E-state index is 0.0848. The molecule has 2 N–H and O–H groups in total. The quantitative estimate of drug-likeness (QED) is 0.578. The highest BCUT2D eigenvalue weighted by Gasteiger charge is 2.33. The second kappa shape index (κ2) is 6.14. The van der Waals surface area contributed by atoms with Gasteiger partial charge >= 0.3 is 0 Å².